The van der Waals surface area contributed by atoms with Crippen LogP contribution in [0.1, 0.15) is 33.3 Å². The lowest BCUT2D eigenvalue weighted by Crippen LogP contribution is -2.41. The second kappa shape index (κ2) is 3.75. The van der Waals surface area contributed by atoms with Crippen LogP contribution in [0.25, 0.3) is 0 Å². The van der Waals surface area contributed by atoms with Gasteiger partial charge in [0.1, 0.15) is 5.75 Å². The SMILES string of the molecule is Cc1ccc(O)cc1B1OC(C)(C)C(C)(C)O1. The van der Waals surface area contributed by atoms with Crippen molar-refractivity contribution < 1.29 is 14.4 Å². The lowest BCUT2D eigenvalue weighted by atomic mass is 9.76. The second-order valence-corrected chi connectivity index (χ2v) is 5.63. The van der Waals surface area contributed by atoms with E-state index in [1.807, 2.05) is 40.7 Å². The number of hydrogen-bond donors (Lipinski definition) is 1. The number of rotatable bonds is 1. The Morgan fingerprint density at radius 1 is 1.06 bits per heavy atom. The topological polar surface area (TPSA) is 38.7 Å². The molecule has 0 aromatic heterocycles. The minimum atomic E-state index is -0.410. The minimum absolute atomic E-state index is 0.236. The summed E-state index contributed by atoms with van der Waals surface area (Å²) in [5.41, 5.74) is 1.25. The average molecular weight is 234 g/mol. The standard InChI is InChI=1S/C13H19BO3/c1-9-6-7-10(15)8-11(9)14-16-12(2,3)13(4,5)17-14/h6-8,15H,1-5H3. The van der Waals surface area contributed by atoms with E-state index in [1.54, 1.807) is 12.1 Å². The Morgan fingerprint density at radius 2 is 1.59 bits per heavy atom. The number of hydrogen-bond acceptors (Lipinski definition) is 3. The van der Waals surface area contributed by atoms with Crippen LogP contribution < -0.4 is 5.46 Å². The summed E-state index contributed by atoms with van der Waals surface area (Å²) in [5, 5.41) is 9.55. The molecule has 0 unspecified atom stereocenters. The molecule has 0 saturated carbocycles. The van der Waals surface area contributed by atoms with Gasteiger partial charge in [-0.2, -0.15) is 0 Å². The van der Waals surface area contributed by atoms with Gasteiger partial charge < -0.3 is 14.4 Å². The molecule has 1 saturated heterocycles. The fraction of sp³-hybridized carbons (Fsp3) is 0.538. The first-order valence-corrected chi connectivity index (χ1v) is 5.88. The summed E-state index contributed by atoms with van der Waals surface area (Å²) >= 11 is 0. The Hall–Kier alpha value is -0.995. The molecule has 2 rings (SSSR count). The van der Waals surface area contributed by atoms with Crippen molar-refractivity contribution in [3.05, 3.63) is 23.8 Å². The molecule has 3 nitrogen and oxygen atoms in total. The molecule has 0 radical (unpaired) electrons. The Morgan fingerprint density at radius 3 is 2.12 bits per heavy atom. The minimum Gasteiger partial charge on any atom is -0.508 e. The van der Waals surface area contributed by atoms with Crippen LogP contribution in [-0.4, -0.2) is 23.4 Å². The molecule has 1 aliphatic rings. The highest BCUT2D eigenvalue weighted by Crippen LogP contribution is 2.36. The van der Waals surface area contributed by atoms with Crippen molar-refractivity contribution in [2.24, 2.45) is 0 Å². The molecule has 0 bridgehead atoms. The first kappa shape index (κ1) is 12.5. The Kier molecular flexibility index (Phi) is 2.75. The summed E-state index contributed by atoms with van der Waals surface area (Å²) < 4.78 is 11.9. The molecule has 0 aliphatic carbocycles. The molecule has 0 spiro atoms. The number of phenolic OH excluding ortho intramolecular Hbond substituents is 1. The van der Waals surface area contributed by atoms with Gasteiger partial charge in [0.25, 0.3) is 0 Å². The van der Waals surface area contributed by atoms with Gasteiger partial charge >= 0.3 is 7.12 Å². The largest absolute Gasteiger partial charge is 0.508 e. The molecular formula is C13H19BO3. The number of aromatic hydroxyl groups is 1. The van der Waals surface area contributed by atoms with Crippen LogP contribution in [0.5, 0.6) is 5.75 Å². The smallest absolute Gasteiger partial charge is 0.495 e. The molecule has 4 heteroatoms. The van der Waals surface area contributed by atoms with Crippen LogP contribution >= 0.6 is 0 Å². The molecule has 1 aromatic rings. The highest BCUT2D eigenvalue weighted by atomic mass is 16.7. The quantitative estimate of drug-likeness (QED) is 0.755. The van der Waals surface area contributed by atoms with Crippen LogP contribution in [0.3, 0.4) is 0 Å². The zero-order valence-electron chi connectivity index (χ0n) is 11.1. The molecular weight excluding hydrogens is 215 g/mol. The van der Waals surface area contributed by atoms with Crippen LogP contribution in [0.2, 0.25) is 0 Å². The van der Waals surface area contributed by atoms with E-state index in [1.165, 1.54) is 0 Å². The van der Waals surface area contributed by atoms with E-state index in [0.717, 1.165) is 11.0 Å². The third-order valence-electron chi connectivity index (χ3n) is 3.77. The Bertz CT molecular complexity index is 424. The van der Waals surface area contributed by atoms with E-state index in [2.05, 4.69) is 0 Å². The van der Waals surface area contributed by atoms with Gasteiger partial charge in [-0.1, -0.05) is 11.6 Å². The van der Waals surface area contributed by atoms with Crippen LogP contribution in [-0.2, 0) is 9.31 Å². The van der Waals surface area contributed by atoms with Gasteiger partial charge in [0, 0.05) is 0 Å². The zero-order chi connectivity index (χ0) is 12.8. The molecule has 1 N–H and O–H groups in total. The third kappa shape index (κ3) is 2.07. The van der Waals surface area contributed by atoms with E-state index in [4.69, 9.17) is 9.31 Å². The lowest BCUT2D eigenvalue weighted by Gasteiger charge is -2.32. The predicted octanol–water partition coefficient (Wildman–Crippen LogP) is 2.00. The van der Waals surface area contributed by atoms with Crippen molar-refractivity contribution in [3.8, 4) is 5.75 Å². The van der Waals surface area contributed by atoms with Crippen LogP contribution in [0, 0.1) is 6.92 Å². The molecule has 1 heterocycles. The van der Waals surface area contributed by atoms with Crippen LogP contribution in [0.4, 0.5) is 0 Å². The summed E-state index contributed by atoms with van der Waals surface area (Å²) in [7, 11) is -0.410. The second-order valence-electron chi connectivity index (χ2n) is 5.63. The first-order valence-electron chi connectivity index (χ1n) is 5.88. The summed E-state index contributed by atoms with van der Waals surface area (Å²) in [6.45, 7) is 10.1. The maximum absolute atomic E-state index is 9.55. The molecule has 1 fully saturated rings. The fourth-order valence-electron chi connectivity index (χ4n) is 1.85. The molecule has 0 amide bonds. The van der Waals surface area contributed by atoms with E-state index in [0.29, 0.717) is 0 Å². The summed E-state index contributed by atoms with van der Waals surface area (Å²) in [6, 6.07) is 5.25. The van der Waals surface area contributed by atoms with Crippen molar-refractivity contribution in [2.45, 2.75) is 45.8 Å². The van der Waals surface area contributed by atoms with Crippen molar-refractivity contribution in [1.82, 2.24) is 0 Å². The van der Waals surface area contributed by atoms with Gasteiger partial charge in [-0.15, -0.1) is 0 Å². The molecule has 1 aliphatic heterocycles. The summed E-state index contributed by atoms with van der Waals surface area (Å²) in [5.74, 6) is 0.236. The first-order chi connectivity index (χ1) is 7.73. The van der Waals surface area contributed by atoms with Gasteiger partial charge in [-0.25, -0.2) is 0 Å². The summed E-state index contributed by atoms with van der Waals surface area (Å²) in [4.78, 5) is 0. The number of phenols is 1. The monoisotopic (exact) mass is 234 g/mol. The fourth-order valence-corrected chi connectivity index (χ4v) is 1.85. The summed E-state index contributed by atoms with van der Waals surface area (Å²) in [6.07, 6.45) is 0. The predicted molar refractivity (Wildman–Crippen MR) is 68.6 cm³/mol. The lowest BCUT2D eigenvalue weighted by molar-refractivity contribution is 0.00578. The van der Waals surface area contributed by atoms with Gasteiger partial charge in [-0.3, -0.25) is 0 Å². The van der Waals surface area contributed by atoms with Crippen molar-refractivity contribution >= 4 is 12.6 Å². The zero-order valence-corrected chi connectivity index (χ0v) is 11.1. The Labute approximate surface area is 103 Å². The number of aryl methyl sites for hydroxylation is 1. The van der Waals surface area contributed by atoms with E-state index in [9.17, 15) is 5.11 Å². The van der Waals surface area contributed by atoms with E-state index < -0.39 is 7.12 Å². The maximum Gasteiger partial charge on any atom is 0.495 e. The van der Waals surface area contributed by atoms with Crippen molar-refractivity contribution in [1.29, 1.82) is 0 Å². The molecule has 0 atom stereocenters. The molecule has 92 valence electrons. The van der Waals surface area contributed by atoms with Crippen molar-refractivity contribution in [3.63, 3.8) is 0 Å². The molecule has 17 heavy (non-hydrogen) atoms. The normalized spacial score (nSPS) is 21.8. The van der Waals surface area contributed by atoms with E-state index in [-0.39, 0.29) is 17.0 Å². The van der Waals surface area contributed by atoms with Crippen LogP contribution in [0.15, 0.2) is 18.2 Å². The van der Waals surface area contributed by atoms with Gasteiger partial charge in [-0.05, 0) is 52.2 Å². The average Bonchev–Trinajstić information content (AvgIpc) is 2.40. The Balaban J connectivity index is 2.35. The van der Waals surface area contributed by atoms with Gasteiger partial charge in [0.15, 0.2) is 0 Å². The maximum atomic E-state index is 9.55. The molecule has 1 aromatic carbocycles. The van der Waals surface area contributed by atoms with Gasteiger partial charge in [0.2, 0.25) is 0 Å². The highest BCUT2D eigenvalue weighted by Gasteiger charge is 2.52. The van der Waals surface area contributed by atoms with Gasteiger partial charge in [0.05, 0.1) is 11.2 Å². The van der Waals surface area contributed by atoms with Crippen molar-refractivity contribution in [2.75, 3.05) is 0 Å². The number of benzene rings is 1. The van der Waals surface area contributed by atoms with E-state index >= 15 is 0 Å². The third-order valence-corrected chi connectivity index (χ3v) is 3.77. The highest BCUT2D eigenvalue weighted by molar-refractivity contribution is 6.62.